The molecule has 1 aliphatic rings. The summed E-state index contributed by atoms with van der Waals surface area (Å²) in [5.41, 5.74) is -3.67. The molecule has 1 aliphatic heterocycles. The third kappa shape index (κ3) is 5.04. The number of amides is 1. The summed E-state index contributed by atoms with van der Waals surface area (Å²) >= 11 is 5.67. The van der Waals surface area contributed by atoms with Crippen LogP contribution in [-0.4, -0.2) is 39.4 Å². The summed E-state index contributed by atoms with van der Waals surface area (Å²) in [6.07, 6.45) is -8.78. The molecule has 0 saturated carbocycles. The van der Waals surface area contributed by atoms with Crippen LogP contribution in [0.25, 0.3) is 0 Å². The summed E-state index contributed by atoms with van der Waals surface area (Å²) < 4.78 is 111. The van der Waals surface area contributed by atoms with E-state index in [1.807, 2.05) is 0 Å². The van der Waals surface area contributed by atoms with Gasteiger partial charge in [0.1, 0.15) is 17.3 Å². The van der Waals surface area contributed by atoms with E-state index in [0.29, 0.717) is 0 Å². The van der Waals surface area contributed by atoms with Crippen LogP contribution in [0.4, 0.5) is 8.78 Å². The zero-order valence-corrected chi connectivity index (χ0v) is 15.6. The lowest BCUT2D eigenvalue weighted by molar-refractivity contribution is 0.0389. The first-order chi connectivity index (χ1) is 17.1. The minimum absolute atomic E-state index is 0.0659. The number of carbonyl (C=O) groups excluding carboxylic acids is 1. The molecule has 1 amide bonds. The maximum Gasteiger partial charge on any atom is 0.253 e. The first-order valence-corrected chi connectivity index (χ1v) is 8.76. The van der Waals surface area contributed by atoms with Crippen LogP contribution in [0.5, 0.6) is 0 Å². The van der Waals surface area contributed by atoms with E-state index in [1.54, 1.807) is 0 Å². The molecule has 0 bridgehead atoms. The van der Waals surface area contributed by atoms with Gasteiger partial charge < -0.3 is 4.90 Å². The van der Waals surface area contributed by atoms with Gasteiger partial charge in [-0.3, -0.25) is 4.79 Å². The van der Waals surface area contributed by atoms with Crippen LogP contribution in [0.15, 0.2) is 30.6 Å². The van der Waals surface area contributed by atoms with Gasteiger partial charge in [0.25, 0.3) is 5.91 Å². The molecule has 1 fully saturated rings. The molecule has 0 spiro atoms. The van der Waals surface area contributed by atoms with Crippen molar-refractivity contribution in [3.63, 3.8) is 0 Å². The lowest BCUT2D eigenvalue weighted by atomic mass is 9.88. The number of nitrogens with zero attached hydrogens (tertiary/aromatic N) is 3. The molecule has 150 valence electrons. The van der Waals surface area contributed by atoms with Crippen molar-refractivity contribution in [3.8, 4) is 0 Å². The molecule has 1 aromatic heterocycles. The quantitative estimate of drug-likeness (QED) is 0.678. The van der Waals surface area contributed by atoms with Gasteiger partial charge in [-0.15, -0.1) is 0 Å². The lowest BCUT2D eigenvalue weighted by Crippen LogP contribution is -2.44. The first-order valence-electron chi connectivity index (χ1n) is 13.4. The second-order valence-corrected chi connectivity index (χ2v) is 6.44. The normalized spacial score (nSPS) is 31.4. The summed E-state index contributed by atoms with van der Waals surface area (Å²) in [5.74, 6) is -2.72. The number of aryl methyl sites for hydroxylation is 2. The van der Waals surface area contributed by atoms with E-state index < -0.39 is 85.2 Å². The average molecular weight is 418 g/mol. The van der Waals surface area contributed by atoms with Crippen LogP contribution < -0.4 is 0 Å². The van der Waals surface area contributed by atoms with Crippen LogP contribution in [0.3, 0.4) is 0 Å². The van der Waals surface area contributed by atoms with Crippen molar-refractivity contribution >= 4 is 17.5 Å². The minimum atomic E-state index is -3.57. The fourth-order valence-corrected chi connectivity index (χ4v) is 2.58. The Labute approximate surface area is 183 Å². The van der Waals surface area contributed by atoms with Gasteiger partial charge in [0.15, 0.2) is 0 Å². The van der Waals surface area contributed by atoms with Gasteiger partial charge in [0.2, 0.25) is 0 Å². The second-order valence-electron chi connectivity index (χ2n) is 6.03. The van der Waals surface area contributed by atoms with Crippen LogP contribution in [0.1, 0.15) is 68.0 Å². The van der Waals surface area contributed by atoms with Gasteiger partial charge in [0.05, 0.1) is 5.02 Å². The van der Waals surface area contributed by atoms with E-state index in [-0.39, 0.29) is 10.5 Å². The van der Waals surface area contributed by atoms with Crippen molar-refractivity contribution in [2.75, 3.05) is 13.0 Å². The standard InChI is InChI=1S/C21H24ClF2N3O/c1-2-15-13-25-19(26-14-15)4-3-7-21(24)8-10-27(11-9-21)20(28)16-5-6-18(23)17(22)12-16/h5-6,12-14H,2-4,7-11H2,1H3/i2D2,4D2,8D2,10D2,11D2. The van der Waals surface area contributed by atoms with Gasteiger partial charge in [0, 0.05) is 51.0 Å². The molecule has 4 nitrogen and oxygen atoms in total. The molecular weight excluding hydrogens is 384 g/mol. The number of rotatable bonds is 6. The predicted octanol–water partition coefficient (Wildman–Crippen LogP) is 4.80. The fraction of sp³-hybridized carbons (Fsp3) is 0.476. The van der Waals surface area contributed by atoms with Gasteiger partial charge in [-0.25, -0.2) is 18.7 Å². The van der Waals surface area contributed by atoms with Crippen molar-refractivity contribution in [1.29, 1.82) is 0 Å². The maximum absolute atomic E-state index is 16.2. The van der Waals surface area contributed by atoms with E-state index in [0.717, 1.165) is 30.6 Å². The molecule has 7 heteroatoms. The Kier molecular flexibility index (Phi) is 3.58. The molecular formula is C21H24ClF2N3O. The highest BCUT2D eigenvalue weighted by atomic mass is 35.5. The van der Waals surface area contributed by atoms with Crippen molar-refractivity contribution in [3.05, 3.63) is 58.4 Å². The molecule has 1 aromatic carbocycles. The fourth-order valence-electron chi connectivity index (χ4n) is 2.40. The number of benzene rings is 1. The molecule has 28 heavy (non-hydrogen) atoms. The Morgan fingerprint density at radius 3 is 2.82 bits per heavy atom. The second kappa shape index (κ2) is 8.95. The molecule has 1 atom stereocenters. The third-order valence-electron chi connectivity index (χ3n) is 4.02. The minimum Gasteiger partial charge on any atom is -0.338 e. The Morgan fingerprint density at radius 2 is 2.14 bits per heavy atom. The van der Waals surface area contributed by atoms with Gasteiger partial charge in [-0.05, 0) is 55.8 Å². The highest BCUT2D eigenvalue weighted by Crippen LogP contribution is 2.32. The summed E-state index contributed by atoms with van der Waals surface area (Å²) in [6.45, 7) is -5.41. The monoisotopic (exact) mass is 417 g/mol. The van der Waals surface area contributed by atoms with Crippen LogP contribution in [0, 0.1) is 5.82 Å². The first kappa shape index (κ1) is 11.2. The molecule has 0 N–H and O–H groups in total. The van der Waals surface area contributed by atoms with Crippen LogP contribution in [-0.2, 0) is 12.7 Å². The van der Waals surface area contributed by atoms with Gasteiger partial charge in [-0.2, -0.15) is 0 Å². The number of hydrogen-bond acceptors (Lipinski definition) is 3. The third-order valence-corrected chi connectivity index (χ3v) is 4.31. The van der Waals surface area contributed by atoms with Crippen LogP contribution >= 0.6 is 11.6 Å². The smallest absolute Gasteiger partial charge is 0.253 e. The predicted molar refractivity (Wildman–Crippen MR) is 105 cm³/mol. The van der Waals surface area contributed by atoms with E-state index in [9.17, 15) is 9.18 Å². The molecule has 1 saturated heterocycles. The van der Waals surface area contributed by atoms with E-state index in [2.05, 4.69) is 9.97 Å². The molecule has 0 radical (unpaired) electrons. The average Bonchev–Trinajstić information content (AvgIpc) is 2.77. The number of hydrogen-bond donors (Lipinski definition) is 0. The zero-order valence-electron chi connectivity index (χ0n) is 24.9. The number of likely N-dealkylation sites (tertiary alicyclic amines) is 1. The summed E-state index contributed by atoms with van der Waals surface area (Å²) in [5, 5.41) is -0.510. The lowest BCUT2D eigenvalue weighted by Gasteiger charge is -2.36. The number of aromatic nitrogens is 2. The largest absolute Gasteiger partial charge is 0.338 e. The molecule has 2 aromatic rings. The Bertz CT molecular complexity index is 1230. The van der Waals surface area contributed by atoms with Crippen molar-refractivity contribution < 1.29 is 27.3 Å². The Morgan fingerprint density at radius 1 is 1.39 bits per heavy atom. The number of piperidine rings is 1. The highest BCUT2D eigenvalue weighted by Gasteiger charge is 2.35. The van der Waals surface area contributed by atoms with E-state index in [4.69, 9.17) is 25.3 Å². The number of alkyl halides is 1. The zero-order chi connectivity index (χ0) is 29.1. The highest BCUT2D eigenvalue weighted by molar-refractivity contribution is 6.31. The van der Waals surface area contributed by atoms with Crippen LogP contribution in [0.2, 0.25) is 5.02 Å². The van der Waals surface area contributed by atoms with Gasteiger partial charge >= 0.3 is 0 Å². The van der Waals surface area contributed by atoms with Gasteiger partial charge in [-0.1, -0.05) is 18.5 Å². The molecule has 2 heterocycles. The summed E-state index contributed by atoms with van der Waals surface area (Å²) in [6, 6.07) is 2.53. The molecule has 1 unspecified atom stereocenters. The molecule has 0 aliphatic carbocycles. The SMILES string of the molecule is [2H]C([2H])(C)c1cnc(C([2H])([2H])CCC2(F)CC([2H])([2H])N(C(=O)c3ccc(F)c(Cl)c3)C([2H])([2H])C2([2H])[2H])nc1. The summed E-state index contributed by atoms with van der Waals surface area (Å²) in [4.78, 5) is 20.6. The molecule has 3 rings (SSSR count). The van der Waals surface area contributed by atoms with E-state index in [1.165, 1.54) is 6.92 Å². The number of halogens is 3. The topological polar surface area (TPSA) is 46.1 Å². The maximum atomic E-state index is 16.2. The Balaban J connectivity index is 1.92. The summed E-state index contributed by atoms with van der Waals surface area (Å²) in [7, 11) is 0. The van der Waals surface area contributed by atoms with Crippen molar-refractivity contribution in [1.82, 2.24) is 14.9 Å². The number of carbonyl (C=O) groups is 1. The Hall–Kier alpha value is -2.08. The van der Waals surface area contributed by atoms with Crippen molar-refractivity contribution in [2.45, 2.75) is 51.0 Å². The van der Waals surface area contributed by atoms with Crippen molar-refractivity contribution in [2.24, 2.45) is 0 Å². The van der Waals surface area contributed by atoms with E-state index >= 15 is 4.39 Å².